The Morgan fingerprint density at radius 2 is 2.31 bits per heavy atom. The zero-order valence-corrected chi connectivity index (χ0v) is 8.54. The zero-order valence-electron chi connectivity index (χ0n) is 6.95. The average molecular weight is 243 g/mol. The van der Waals surface area contributed by atoms with Crippen molar-refractivity contribution in [2.45, 2.75) is 13.3 Å². The topological polar surface area (TPSA) is 52.1 Å². The number of rotatable bonds is 2. The van der Waals surface area contributed by atoms with E-state index in [4.69, 9.17) is 8.83 Å². The molecule has 5 heteroatoms. The van der Waals surface area contributed by atoms with Gasteiger partial charge in [-0.05, 0) is 6.07 Å². The van der Waals surface area contributed by atoms with E-state index in [-0.39, 0.29) is 0 Å². The lowest BCUT2D eigenvalue weighted by Crippen LogP contribution is -1.81. The second-order valence-corrected chi connectivity index (χ2v) is 3.15. The molecule has 0 aliphatic rings. The molecular formula is C8H7BrN2O2. The molecule has 68 valence electrons. The minimum absolute atomic E-state index is 0.380. The lowest BCUT2D eigenvalue weighted by molar-refractivity contribution is 0.509. The first kappa shape index (κ1) is 8.50. The number of hydrogen-bond donors (Lipinski definition) is 0. The predicted molar refractivity (Wildman–Crippen MR) is 49.1 cm³/mol. The van der Waals surface area contributed by atoms with Crippen LogP contribution in [0.2, 0.25) is 0 Å². The molecule has 0 radical (unpaired) electrons. The summed E-state index contributed by atoms with van der Waals surface area (Å²) >= 11 is 3.09. The van der Waals surface area contributed by atoms with E-state index in [0.29, 0.717) is 10.7 Å². The van der Waals surface area contributed by atoms with Gasteiger partial charge in [-0.25, -0.2) is 0 Å². The smallest absolute Gasteiger partial charge is 0.285 e. The first-order valence-electron chi connectivity index (χ1n) is 3.87. The van der Waals surface area contributed by atoms with E-state index in [9.17, 15) is 0 Å². The van der Waals surface area contributed by atoms with Crippen LogP contribution in [0.15, 0.2) is 26.0 Å². The predicted octanol–water partition coefficient (Wildman–Crippen LogP) is 2.65. The molecule has 4 nitrogen and oxygen atoms in total. The van der Waals surface area contributed by atoms with E-state index in [1.165, 1.54) is 0 Å². The second-order valence-electron chi connectivity index (χ2n) is 2.47. The van der Waals surface area contributed by atoms with Gasteiger partial charge in [-0.2, -0.15) is 0 Å². The first-order chi connectivity index (χ1) is 6.31. The average Bonchev–Trinajstić information content (AvgIpc) is 2.71. The molecule has 13 heavy (non-hydrogen) atoms. The largest absolute Gasteiger partial charge is 0.469 e. The van der Waals surface area contributed by atoms with Gasteiger partial charge in [0.15, 0.2) is 0 Å². The van der Waals surface area contributed by atoms with E-state index in [1.807, 2.05) is 13.0 Å². The summed E-state index contributed by atoms with van der Waals surface area (Å²) in [4.78, 5) is 0.380. The summed E-state index contributed by atoms with van der Waals surface area (Å²) in [6.45, 7) is 2.01. The first-order valence-corrected chi connectivity index (χ1v) is 4.66. The van der Waals surface area contributed by atoms with Crippen LogP contribution in [0.1, 0.15) is 12.7 Å². The Morgan fingerprint density at radius 3 is 2.92 bits per heavy atom. The summed E-state index contributed by atoms with van der Waals surface area (Å²) in [7, 11) is 0. The Balaban J connectivity index is 2.45. The quantitative estimate of drug-likeness (QED) is 0.813. The van der Waals surface area contributed by atoms with E-state index in [2.05, 4.69) is 26.1 Å². The monoisotopic (exact) mass is 242 g/mol. The van der Waals surface area contributed by atoms with Gasteiger partial charge in [0.2, 0.25) is 0 Å². The van der Waals surface area contributed by atoms with Gasteiger partial charge in [-0.1, -0.05) is 6.92 Å². The molecule has 0 aromatic carbocycles. The second kappa shape index (κ2) is 3.33. The molecule has 0 unspecified atom stereocenters. The fraction of sp³-hybridized carbons (Fsp3) is 0.250. The number of hydrogen-bond acceptors (Lipinski definition) is 4. The Labute approximate surface area is 83.1 Å². The highest BCUT2D eigenvalue weighted by atomic mass is 79.9. The van der Waals surface area contributed by atoms with Crippen molar-refractivity contribution in [3.63, 3.8) is 0 Å². The van der Waals surface area contributed by atoms with Gasteiger partial charge in [0, 0.05) is 22.4 Å². The van der Waals surface area contributed by atoms with E-state index in [0.717, 1.165) is 17.7 Å². The van der Waals surface area contributed by atoms with Crippen molar-refractivity contribution in [1.29, 1.82) is 0 Å². The number of halogens is 1. The van der Waals surface area contributed by atoms with Crippen LogP contribution in [0.3, 0.4) is 0 Å². The molecule has 0 spiro atoms. The van der Waals surface area contributed by atoms with E-state index < -0.39 is 0 Å². The van der Waals surface area contributed by atoms with Crippen LogP contribution in [-0.4, -0.2) is 10.2 Å². The third kappa shape index (κ3) is 1.51. The minimum atomic E-state index is 0.380. The van der Waals surface area contributed by atoms with Gasteiger partial charge >= 0.3 is 0 Å². The third-order valence-corrected chi connectivity index (χ3v) is 2.02. The van der Waals surface area contributed by atoms with Gasteiger partial charge in [0.1, 0.15) is 5.76 Å². The minimum Gasteiger partial charge on any atom is -0.469 e. The molecule has 0 saturated carbocycles. The summed E-state index contributed by atoms with van der Waals surface area (Å²) in [6, 6.07) is 1.82. The molecule has 2 aromatic heterocycles. The maximum Gasteiger partial charge on any atom is 0.285 e. The zero-order chi connectivity index (χ0) is 9.26. The maximum absolute atomic E-state index is 5.23. The van der Waals surface area contributed by atoms with Crippen molar-refractivity contribution in [2.75, 3.05) is 0 Å². The van der Waals surface area contributed by atoms with E-state index >= 15 is 0 Å². The Hall–Kier alpha value is -1.10. The van der Waals surface area contributed by atoms with Gasteiger partial charge in [0.05, 0.1) is 11.8 Å². The molecule has 0 aliphatic heterocycles. The molecule has 0 fully saturated rings. The Morgan fingerprint density at radius 1 is 1.46 bits per heavy atom. The van der Waals surface area contributed by atoms with E-state index in [1.54, 1.807) is 6.26 Å². The van der Waals surface area contributed by atoms with Gasteiger partial charge < -0.3 is 8.83 Å². The molecule has 0 saturated heterocycles. The summed E-state index contributed by atoms with van der Waals surface area (Å²) < 4.78 is 10.4. The summed E-state index contributed by atoms with van der Waals surface area (Å²) in [6.07, 6.45) is 2.43. The van der Waals surface area contributed by atoms with Gasteiger partial charge in [0.25, 0.3) is 10.7 Å². The number of aromatic nitrogens is 2. The molecule has 2 heterocycles. The Kier molecular flexibility index (Phi) is 2.18. The highest BCUT2D eigenvalue weighted by Gasteiger charge is 2.12. The molecular weight excluding hydrogens is 236 g/mol. The molecule has 2 rings (SSSR count). The van der Waals surface area contributed by atoms with Crippen molar-refractivity contribution >= 4 is 15.9 Å². The highest BCUT2D eigenvalue weighted by Crippen LogP contribution is 2.25. The molecule has 0 N–H and O–H groups in total. The molecule has 2 aromatic rings. The molecule has 0 atom stereocenters. The van der Waals surface area contributed by atoms with Crippen molar-refractivity contribution in [2.24, 2.45) is 0 Å². The van der Waals surface area contributed by atoms with Crippen LogP contribution >= 0.6 is 15.9 Å². The molecule has 0 bridgehead atoms. The standard InChI is InChI=1S/C8H7BrN2O2/c1-2-6-5(3-4-12-6)7-10-11-8(9)13-7/h3-4H,2H2,1H3. The van der Waals surface area contributed by atoms with Crippen LogP contribution in [0.25, 0.3) is 11.5 Å². The van der Waals surface area contributed by atoms with Crippen molar-refractivity contribution in [3.8, 4) is 11.5 Å². The van der Waals surface area contributed by atoms with Crippen LogP contribution < -0.4 is 0 Å². The lowest BCUT2D eigenvalue weighted by atomic mass is 10.2. The van der Waals surface area contributed by atoms with Gasteiger partial charge in [-0.3, -0.25) is 0 Å². The SMILES string of the molecule is CCc1occc1-c1nnc(Br)o1. The number of furan rings is 1. The maximum atomic E-state index is 5.23. The molecule has 0 amide bonds. The number of aryl methyl sites for hydroxylation is 1. The fourth-order valence-corrected chi connectivity index (χ4v) is 1.35. The summed E-state index contributed by atoms with van der Waals surface area (Å²) in [5.74, 6) is 1.34. The Bertz CT molecular complexity index is 408. The van der Waals surface area contributed by atoms with Gasteiger partial charge in [-0.15, -0.1) is 10.2 Å². The normalized spacial score (nSPS) is 10.6. The van der Waals surface area contributed by atoms with Crippen LogP contribution in [0.5, 0.6) is 0 Å². The summed E-state index contributed by atoms with van der Waals surface area (Å²) in [5, 5.41) is 7.55. The summed E-state index contributed by atoms with van der Waals surface area (Å²) in [5.41, 5.74) is 0.862. The highest BCUT2D eigenvalue weighted by molar-refractivity contribution is 9.10. The van der Waals surface area contributed by atoms with Crippen LogP contribution in [0, 0.1) is 0 Å². The lowest BCUT2D eigenvalue weighted by Gasteiger charge is -1.91. The van der Waals surface area contributed by atoms with Crippen molar-refractivity contribution in [3.05, 3.63) is 22.9 Å². The van der Waals surface area contributed by atoms with Crippen LogP contribution in [0.4, 0.5) is 0 Å². The van der Waals surface area contributed by atoms with Crippen molar-refractivity contribution in [1.82, 2.24) is 10.2 Å². The number of nitrogens with zero attached hydrogens (tertiary/aromatic N) is 2. The van der Waals surface area contributed by atoms with Crippen molar-refractivity contribution < 1.29 is 8.83 Å². The van der Waals surface area contributed by atoms with Crippen LogP contribution in [-0.2, 0) is 6.42 Å². The molecule has 0 aliphatic carbocycles. The third-order valence-electron chi connectivity index (χ3n) is 1.70. The fourth-order valence-electron chi connectivity index (χ4n) is 1.12.